The maximum Gasteiger partial charge on any atom is 0.115 e. The summed E-state index contributed by atoms with van der Waals surface area (Å²) in [7, 11) is 0. The van der Waals surface area contributed by atoms with E-state index < -0.39 is 0 Å². The topological polar surface area (TPSA) is 18.5 Å². The molecule has 2 aromatic carbocycles. The van der Waals surface area contributed by atoms with Crippen molar-refractivity contribution in [3.8, 4) is 0 Å². The third-order valence-electron chi connectivity index (χ3n) is 2.69. The van der Waals surface area contributed by atoms with E-state index in [1.165, 1.54) is 10.8 Å². The molecule has 0 N–H and O–H groups in total. The molecule has 0 amide bonds. The Morgan fingerprint density at radius 1 is 0.944 bits per heavy atom. The van der Waals surface area contributed by atoms with E-state index in [4.69, 9.17) is 9.78 Å². The Labute approximate surface area is 108 Å². The smallest absolute Gasteiger partial charge is 0.115 e. The highest BCUT2D eigenvalue weighted by Crippen LogP contribution is 2.24. The minimum absolute atomic E-state index is 0.0752. The van der Waals surface area contributed by atoms with Gasteiger partial charge >= 0.3 is 0 Å². The first kappa shape index (κ1) is 13.1. The average molecular weight is 244 g/mol. The van der Waals surface area contributed by atoms with E-state index in [9.17, 15) is 0 Å². The fraction of sp³-hybridized carbons (Fsp3) is 0.375. The second kappa shape index (κ2) is 5.09. The van der Waals surface area contributed by atoms with Crippen molar-refractivity contribution in [1.29, 1.82) is 0 Å². The monoisotopic (exact) mass is 244 g/mol. The van der Waals surface area contributed by atoms with Crippen LogP contribution in [0.3, 0.4) is 0 Å². The summed E-state index contributed by atoms with van der Waals surface area (Å²) in [4.78, 5) is 10.8. The number of benzene rings is 2. The first-order valence-corrected chi connectivity index (χ1v) is 6.29. The van der Waals surface area contributed by atoms with E-state index in [0.717, 1.165) is 5.56 Å². The molecule has 0 saturated carbocycles. The highest BCUT2D eigenvalue weighted by atomic mass is 17.2. The molecule has 2 rings (SSSR count). The minimum atomic E-state index is -0.287. The van der Waals surface area contributed by atoms with Crippen molar-refractivity contribution < 1.29 is 9.78 Å². The average Bonchev–Trinajstić information content (AvgIpc) is 2.34. The van der Waals surface area contributed by atoms with Crippen molar-refractivity contribution in [2.24, 2.45) is 0 Å². The van der Waals surface area contributed by atoms with Crippen LogP contribution in [0.25, 0.3) is 10.8 Å². The van der Waals surface area contributed by atoms with Gasteiger partial charge in [-0.25, -0.2) is 9.78 Å². The first-order valence-electron chi connectivity index (χ1n) is 6.29. The van der Waals surface area contributed by atoms with Gasteiger partial charge in [0.2, 0.25) is 0 Å². The molecule has 0 saturated heterocycles. The summed E-state index contributed by atoms with van der Waals surface area (Å²) >= 11 is 0. The van der Waals surface area contributed by atoms with Gasteiger partial charge in [-0.3, -0.25) is 0 Å². The van der Waals surface area contributed by atoms with Crippen LogP contribution in [0.15, 0.2) is 42.5 Å². The molecule has 1 atom stereocenters. The Morgan fingerprint density at radius 2 is 1.61 bits per heavy atom. The molecule has 0 heterocycles. The van der Waals surface area contributed by atoms with E-state index in [1.54, 1.807) is 0 Å². The first-order chi connectivity index (χ1) is 8.46. The van der Waals surface area contributed by atoms with Crippen LogP contribution in [0.4, 0.5) is 0 Å². The lowest BCUT2D eigenvalue weighted by Crippen LogP contribution is -2.20. The van der Waals surface area contributed by atoms with E-state index in [2.05, 4.69) is 30.3 Å². The summed E-state index contributed by atoms with van der Waals surface area (Å²) in [6.45, 7) is 7.91. The molecule has 1 unspecified atom stereocenters. The summed E-state index contributed by atoms with van der Waals surface area (Å²) in [6, 6.07) is 14.6. The Kier molecular flexibility index (Phi) is 3.69. The fourth-order valence-electron chi connectivity index (χ4n) is 1.73. The molecule has 2 aromatic rings. The lowest BCUT2D eigenvalue weighted by Gasteiger charge is -2.21. The van der Waals surface area contributed by atoms with E-state index in [-0.39, 0.29) is 11.7 Å². The van der Waals surface area contributed by atoms with Crippen molar-refractivity contribution in [3.63, 3.8) is 0 Å². The lowest BCUT2D eigenvalue weighted by molar-refractivity contribution is -0.372. The van der Waals surface area contributed by atoms with Gasteiger partial charge < -0.3 is 0 Å². The summed E-state index contributed by atoms with van der Waals surface area (Å²) in [5, 5.41) is 2.46. The molecule has 0 aliphatic carbocycles. The Morgan fingerprint density at radius 3 is 2.28 bits per heavy atom. The van der Waals surface area contributed by atoms with Crippen LogP contribution >= 0.6 is 0 Å². The fourth-order valence-corrected chi connectivity index (χ4v) is 1.73. The zero-order chi connectivity index (χ0) is 13.2. The summed E-state index contributed by atoms with van der Waals surface area (Å²) in [5.74, 6) is 0. The molecule has 0 aliphatic heterocycles. The highest BCUT2D eigenvalue weighted by Gasteiger charge is 2.15. The van der Waals surface area contributed by atoms with Crippen molar-refractivity contribution in [2.75, 3.05) is 0 Å². The van der Waals surface area contributed by atoms with Gasteiger partial charge in [-0.15, -0.1) is 0 Å². The van der Waals surface area contributed by atoms with Gasteiger partial charge in [-0.2, -0.15) is 0 Å². The molecule has 0 spiro atoms. The Hall–Kier alpha value is -1.38. The van der Waals surface area contributed by atoms with Crippen LogP contribution in [-0.4, -0.2) is 5.60 Å². The molecular weight excluding hydrogens is 224 g/mol. The van der Waals surface area contributed by atoms with Crippen LogP contribution in [0, 0.1) is 0 Å². The molecule has 2 heteroatoms. The second-order valence-electron chi connectivity index (χ2n) is 5.54. The zero-order valence-corrected chi connectivity index (χ0v) is 11.4. The molecule has 0 aromatic heterocycles. The molecule has 0 radical (unpaired) electrons. The summed E-state index contributed by atoms with van der Waals surface area (Å²) in [5.41, 5.74) is 0.837. The third-order valence-corrected chi connectivity index (χ3v) is 2.69. The largest absolute Gasteiger partial charge is 0.230 e. The van der Waals surface area contributed by atoms with Crippen molar-refractivity contribution in [1.82, 2.24) is 0 Å². The summed E-state index contributed by atoms with van der Waals surface area (Å²) in [6.07, 6.45) is -0.0752. The predicted octanol–water partition coefficient (Wildman–Crippen LogP) is 4.65. The predicted molar refractivity (Wildman–Crippen MR) is 74.3 cm³/mol. The second-order valence-corrected chi connectivity index (χ2v) is 5.54. The molecule has 96 valence electrons. The van der Waals surface area contributed by atoms with Crippen LogP contribution in [0.2, 0.25) is 0 Å². The Balaban J connectivity index is 2.15. The summed E-state index contributed by atoms with van der Waals surface area (Å²) < 4.78 is 0. The molecule has 18 heavy (non-hydrogen) atoms. The van der Waals surface area contributed by atoms with Crippen LogP contribution < -0.4 is 0 Å². The van der Waals surface area contributed by atoms with E-state index in [0.29, 0.717) is 0 Å². The maximum atomic E-state index is 5.44. The third kappa shape index (κ3) is 3.31. The molecule has 2 nitrogen and oxygen atoms in total. The van der Waals surface area contributed by atoms with Gasteiger partial charge in [0.05, 0.1) is 5.60 Å². The van der Waals surface area contributed by atoms with Crippen molar-refractivity contribution >= 4 is 10.8 Å². The van der Waals surface area contributed by atoms with Crippen LogP contribution in [-0.2, 0) is 9.78 Å². The maximum absolute atomic E-state index is 5.44. The van der Waals surface area contributed by atoms with Gasteiger partial charge in [0.25, 0.3) is 0 Å². The van der Waals surface area contributed by atoms with Crippen LogP contribution in [0.1, 0.15) is 39.4 Å². The quantitative estimate of drug-likeness (QED) is 0.578. The SMILES string of the molecule is CC(OOC(C)(C)C)c1ccc2ccccc2c1. The normalized spacial score (nSPS) is 13.8. The van der Waals surface area contributed by atoms with Crippen molar-refractivity contribution in [3.05, 3.63) is 48.0 Å². The number of rotatable bonds is 3. The van der Waals surface area contributed by atoms with Gasteiger partial charge in [0.15, 0.2) is 0 Å². The Bertz CT molecular complexity index is 526. The minimum Gasteiger partial charge on any atom is -0.230 e. The number of hydrogen-bond donors (Lipinski definition) is 0. The van der Waals surface area contributed by atoms with Crippen LogP contribution in [0.5, 0.6) is 0 Å². The van der Waals surface area contributed by atoms with E-state index in [1.807, 2.05) is 39.8 Å². The highest BCUT2D eigenvalue weighted by molar-refractivity contribution is 5.83. The van der Waals surface area contributed by atoms with Gasteiger partial charge in [-0.05, 0) is 50.1 Å². The lowest BCUT2D eigenvalue weighted by atomic mass is 10.0. The molecule has 0 bridgehead atoms. The number of fused-ring (bicyclic) bond motifs is 1. The molecule has 0 fully saturated rings. The van der Waals surface area contributed by atoms with Crippen molar-refractivity contribution in [2.45, 2.75) is 39.4 Å². The van der Waals surface area contributed by atoms with Gasteiger partial charge in [-0.1, -0.05) is 36.4 Å². The van der Waals surface area contributed by atoms with Gasteiger partial charge in [0, 0.05) is 0 Å². The number of hydrogen-bond acceptors (Lipinski definition) is 2. The van der Waals surface area contributed by atoms with Gasteiger partial charge in [0.1, 0.15) is 6.10 Å². The van der Waals surface area contributed by atoms with E-state index >= 15 is 0 Å². The zero-order valence-electron chi connectivity index (χ0n) is 11.4. The molecular formula is C16H20O2. The standard InChI is InChI=1S/C16H20O2/c1-12(17-18-16(2,3)4)14-10-9-13-7-5-6-8-15(13)11-14/h5-12H,1-4H3. The molecule has 0 aliphatic rings.